The number of hydrogen-bond acceptors (Lipinski definition) is 1. The Morgan fingerprint density at radius 1 is 1.33 bits per heavy atom. The Hall–Kier alpha value is -1.08. The van der Waals surface area contributed by atoms with Gasteiger partial charge in [-0.15, -0.1) is 0 Å². The van der Waals surface area contributed by atoms with Crippen molar-refractivity contribution in [1.29, 1.82) is 0 Å². The second kappa shape index (κ2) is 6.41. The van der Waals surface area contributed by atoms with E-state index in [9.17, 15) is 0 Å². The topological polar surface area (TPSA) is 12.0 Å². The van der Waals surface area contributed by atoms with E-state index in [1.54, 1.807) is 0 Å². The lowest BCUT2D eigenvalue weighted by Gasteiger charge is -2.10. The van der Waals surface area contributed by atoms with Crippen LogP contribution in [0.2, 0.25) is 0 Å². The lowest BCUT2D eigenvalue weighted by atomic mass is 10.1. The highest BCUT2D eigenvalue weighted by atomic mass is 14.9. The minimum atomic E-state index is 0.623. The zero-order valence-electron chi connectivity index (χ0n) is 9.79. The molecule has 1 atom stereocenters. The monoisotopic (exact) mass is 203 g/mol. The molecule has 0 aromatic heterocycles. The van der Waals surface area contributed by atoms with E-state index < -0.39 is 0 Å². The number of hydrogen-bond donors (Lipinski definition) is 1. The second-order valence-electron chi connectivity index (χ2n) is 3.96. The number of nitrogens with one attached hydrogen (secondary N) is 1. The van der Waals surface area contributed by atoms with E-state index in [4.69, 9.17) is 0 Å². The Morgan fingerprint density at radius 3 is 2.53 bits per heavy atom. The molecular formula is C14H21N. The van der Waals surface area contributed by atoms with Gasteiger partial charge in [0, 0.05) is 6.04 Å². The molecule has 1 N–H and O–H groups in total. The molecule has 0 spiro atoms. The van der Waals surface area contributed by atoms with Crippen LogP contribution in [-0.2, 0) is 6.42 Å². The molecule has 0 heterocycles. The van der Waals surface area contributed by atoms with Crippen molar-refractivity contribution >= 4 is 6.08 Å². The molecule has 82 valence electrons. The minimum Gasteiger partial charge on any atom is -0.314 e. The summed E-state index contributed by atoms with van der Waals surface area (Å²) in [6.45, 7) is 9.23. The zero-order chi connectivity index (χ0) is 11.1. The van der Waals surface area contributed by atoms with Crippen LogP contribution in [0.1, 0.15) is 31.4 Å². The van der Waals surface area contributed by atoms with Crippen LogP contribution in [0.5, 0.6) is 0 Å². The van der Waals surface area contributed by atoms with Crippen molar-refractivity contribution < 1.29 is 0 Å². The van der Waals surface area contributed by atoms with Gasteiger partial charge in [-0.3, -0.25) is 0 Å². The van der Waals surface area contributed by atoms with E-state index in [-0.39, 0.29) is 0 Å². The highest BCUT2D eigenvalue weighted by Crippen LogP contribution is 2.05. The van der Waals surface area contributed by atoms with Crippen molar-refractivity contribution in [2.75, 3.05) is 6.54 Å². The molecule has 0 radical (unpaired) electrons. The molecule has 1 aromatic rings. The quantitative estimate of drug-likeness (QED) is 0.748. The predicted octanol–water partition coefficient (Wildman–Crippen LogP) is 3.26. The lowest BCUT2D eigenvalue weighted by Crippen LogP contribution is -2.27. The zero-order valence-corrected chi connectivity index (χ0v) is 9.79. The molecule has 0 fully saturated rings. The van der Waals surface area contributed by atoms with Gasteiger partial charge in [-0.05, 0) is 37.4 Å². The van der Waals surface area contributed by atoms with Gasteiger partial charge in [0.25, 0.3) is 0 Å². The predicted molar refractivity (Wildman–Crippen MR) is 68.0 cm³/mol. The first-order valence-corrected chi connectivity index (χ1v) is 5.71. The van der Waals surface area contributed by atoms with Crippen LogP contribution in [0.3, 0.4) is 0 Å². The molecule has 0 bridgehead atoms. The fourth-order valence-corrected chi connectivity index (χ4v) is 1.43. The van der Waals surface area contributed by atoms with Gasteiger partial charge in [0.15, 0.2) is 0 Å². The van der Waals surface area contributed by atoms with Gasteiger partial charge in [-0.25, -0.2) is 0 Å². The molecule has 0 aliphatic rings. The smallest absolute Gasteiger partial charge is 0.00362 e. The molecule has 1 unspecified atom stereocenters. The van der Waals surface area contributed by atoms with E-state index in [2.05, 4.69) is 50.0 Å². The maximum absolute atomic E-state index is 3.74. The summed E-state index contributed by atoms with van der Waals surface area (Å²) >= 11 is 0. The Bertz CT molecular complexity index is 287. The van der Waals surface area contributed by atoms with Crippen LogP contribution >= 0.6 is 0 Å². The summed E-state index contributed by atoms with van der Waals surface area (Å²) in [6, 6.07) is 9.21. The normalized spacial score (nSPS) is 12.4. The summed E-state index contributed by atoms with van der Waals surface area (Å²) < 4.78 is 0. The third-order valence-corrected chi connectivity index (χ3v) is 2.73. The Balaban J connectivity index is 2.34. The average molecular weight is 203 g/mol. The van der Waals surface area contributed by atoms with Crippen LogP contribution < -0.4 is 5.32 Å². The average Bonchev–Trinajstić information content (AvgIpc) is 2.29. The molecule has 0 aliphatic carbocycles. The van der Waals surface area contributed by atoms with Crippen molar-refractivity contribution in [2.24, 2.45) is 0 Å². The lowest BCUT2D eigenvalue weighted by molar-refractivity contribution is 0.537. The first-order valence-electron chi connectivity index (χ1n) is 5.71. The number of rotatable bonds is 6. The van der Waals surface area contributed by atoms with Gasteiger partial charge in [-0.2, -0.15) is 0 Å². The Kier molecular flexibility index (Phi) is 5.13. The molecule has 0 saturated carbocycles. The minimum absolute atomic E-state index is 0.623. The highest BCUT2D eigenvalue weighted by Gasteiger charge is 1.97. The fraction of sp³-hybridized carbons (Fsp3) is 0.429. The van der Waals surface area contributed by atoms with Crippen molar-refractivity contribution in [2.45, 2.75) is 32.7 Å². The van der Waals surface area contributed by atoms with Crippen molar-refractivity contribution in [3.05, 3.63) is 42.0 Å². The summed E-state index contributed by atoms with van der Waals surface area (Å²) in [5.74, 6) is 0. The maximum Gasteiger partial charge on any atom is 0.00362 e. The molecule has 0 aliphatic heterocycles. The molecule has 1 heteroatoms. The van der Waals surface area contributed by atoms with Gasteiger partial charge >= 0.3 is 0 Å². The maximum atomic E-state index is 3.74. The summed E-state index contributed by atoms with van der Waals surface area (Å²) in [6.07, 6.45) is 4.17. The van der Waals surface area contributed by atoms with Crippen molar-refractivity contribution in [1.82, 2.24) is 5.32 Å². The van der Waals surface area contributed by atoms with Crippen molar-refractivity contribution in [3.8, 4) is 0 Å². The first kappa shape index (κ1) is 12.0. The molecule has 0 saturated heterocycles. The van der Waals surface area contributed by atoms with Gasteiger partial charge < -0.3 is 5.32 Å². The number of benzene rings is 1. The van der Waals surface area contributed by atoms with Crippen LogP contribution in [0, 0.1) is 0 Å². The molecule has 0 amide bonds. The Labute approximate surface area is 93.2 Å². The van der Waals surface area contributed by atoms with Crippen LogP contribution in [0.15, 0.2) is 30.8 Å². The van der Waals surface area contributed by atoms with E-state index in [0.29, 0.717) is 6.04 Å². The third kappa shape index (κ3) is 4.30. The summed E-state index contributed by atoms with van der Waals surface area (Å²) in [4.78, 5) is 0. The van der Waals surface area contributed by atoms with Crippen molar-refractivity contribution in [3.63, 3.8) is 0 Å². The van der Waals surface area contributed by atoms with Crippen LogP contribution in [-0.4, -0.2) is 12.6 Å². The Morgan fingerprint density at radius 2 is 2.00 bits per heavy atom. The molecule has 1 aromatic carbocycles. The largest absolute Gasteiger partial charge is 0.314 e. The summed E-state index contributed by atoms with van der Waals surface area (Å²) in [5, 5.41) is 3.49. The van der Waals surface area contributed by atoms with Crippen LogP contribution in [0.4, 0.5) is 0 Å². The third-order valence-electron chi connectivity index (χ3n) is 2.73. The molecule has 15 heavy (non-hydrogen) atoms. The van der Waals surface area contributed by atoms with E-state index in [1.165, 1.54) is 17.5 Å². The summed E-state index contributed by atoms with van der Waals surface area (Å²) in [7, 11) is 0. The van der Waals surface area contributed by atoms with Gasteiger partial charge in [-0.1, -0.05) is 43.8 Å². The molecule has 1 rings (SSSR count). The van der Waals surface area contributed by atoms with E-state index >= 15 is 0 Å². The highest BCUT2D eigenvalue weighted by molar-refractivity contribution is 5.47. The fourth-order valence-electron chi connectivity index (χ4n) is 1.43. The van der Waals surface area contributed by atoms with Crippen LogP contribution in [0.25, 0.3) is 6.08 Å². The molecular weight excluding hydrogens is 182 g/mol. The SMILES string of the molecule is C=Cc1ccc(CCNC(C)CC)cc1. The van der Waals surface area contributed by atoms with E-state index in [1.807, 2.05) is 6.08 Å². The van der Waals surface area contributed by atoms with Gasteiger partial charge in [0.05, 0.1) is 0 Å². The van der Waals surface area contributed by atoms with Gasteiger partial charge in [0.1, 0.15) is 0 Å². The summed E-state index contributed by atoms with van der Waals surface area (Å²) in [5.41, 5.74) is 2.57. The van der Waals surface area contributed by atoms with E-state index in [0.717, 1.165) is 13.0 Å². The first-order chi connectivity index (χ1) is 7.26. The second-order valence-corrected chi connectivity index (χ2v) is 3.96. The van der Waals surface area contributed by atoms with Gasteiger partial charge in [0.2, 0.25) is 0 Å². The molecule has 1 nitrogen and oxygen atoms in total. The standard InChI is InChI=1S/C14H21N/c1-4-12(3)15-11-10-14-8-6-13(5-2)7-9-14/h5-9,12,15H,2,4,10-11H2,1,3H3.